The minimum atomic E-state index is -0.749. The normalized spacial score (nSPS) is 10.9. The van der Waals surface area contributed by atoms with E-state index >= 15 is 0 Å². The minimum absolute atomic E-state index is 0.239. The summed E-state index contributed by atoms with van der Waals surface area (Å²) in [7, 11) is 0. The molecule has 0 fully saturated rings. The Bertz CT molecular complexity index is 495. The molecule has 1 aromatic rings. The lowest BCUT2D eigenvalue weighted by molar-refractivity contribution is -0.139. The van der Waals surface area contributed by atoms with E-state index < -0.39 is 17.1 Å². The van der Waals surface area contributed by atoms with E-state index in [2.05, 4.69) is 5.32 Å². The lowest BCUT2D eigenvalue weighted by atomic mass is 9.88. The monoisotopic (exact) mass is 261 g/mol. The predicted octanol–water partition coefficient (Wildman–Crippen LogP) is 2.51. The van der Waals surface area contributed by atoms with Crippen molar-refractivity contribution in [3.8, 4) is 0 Å². The molecular weight excluding hydrogens is 242 g/mol. The van der Waals surface area contributed by atoms with Gasteiger partial charge in [-0.25, -0.2) is 0 Å². The third kappa shape index (κ3) is 4.66. The molecule has 0 spiro atoms. The molecule has 0 saturated heterocycles. The van der Waals surface area contributed by atoms with Crippen molar-refractivity contribution in [2.45, 2.75) is 34.1 Å². The Kier molecular flexibility index (Phi) is 4.59. The Labute approximate surface area is 113 Å². The molecule has 1 aromatic carbocycles. The molecular formula is C15H19NO3. The number of nitrogens with one attached hydrogen (secondary N) is 1. The molecule has 0 radical (unpaired) electrons. The number of benzene rings is 1. The first-order valence-electron chi connectivity index (χ1n) is 6.14. The number of rotatable bonds is 4. The van der Waals surface area contributed by atoms with E-state index in [0.717, 1.165) is 5.56 Å². The van der Waals surface area contributed by atoms with Gasteiger partial charge in [0.2, 0.25) is 5.78 Å². The van der Waals surface area contributed by atoms with Crippen molar-refractivity contribution < 1.29 is 14.4 Å². The first-order valence-corrected chi connectivity index (χ1v) is 6.14. The van der Waals surface area contributed by atoms with Gasteiger partial charge in [-0.1, -0.05) is 38.5 Å². The fourth-order valence-corrected chi connectivity index (χ4v) is 1.33. The zero-order valence-corrected chi connectivity index (χ0v) is 11.7. The molecule has 4 heteroatoms. The highest BCUT2D eigenvalue weighted by atomic mass is 16.2. The van der Waals surface area contributed by atoms with Gasteiger partial charge >= 0.3 is 0 Å². The average molecular weight is 261 g/mol. The summed E-state index contributed by atoms with van der Waals surface area (Å²) < 4.78 is 0. The number of hydrogen-bond donors (Lipinski definition) is 1. The Balaban J connectivity index is 2.61. The molecule has 0 bridgehead atoms. The number of carbonyl (C=O) groups excluding carboxylic acids is 3. The van der Waals surface area contributed by atoms with Crippen LogP contribution in [0.1, 0.15) is 32.8 Å². The van der Waals surface area contributed by atoms with E-state index in [4.69, 9.17) is 0 Å². The van der Waals surface area contributed by atoms with Gasteiger partial charge in [0.1, 0.15) is 5.78 Å². The number of Topliss-reactive ketones (excluding diaryl/α,β-unsaturated/α-hetero) is 2. The third-order valence-corrected chi connectivity index (χ3v) is 2.72. The molecule has 1 amide bonds. The number of aryl methyl sites for hydroxylation is 1. The fraction of sp³-hybridized carbons (Fsp3) is 0.400. The maximum Gasteiger partial charge on any atom is 0.292 e. The van der Waals surface area contributed by atoms with Gasteiger partial charge in [0.05, 0.1) is 6.42 Å². The summed E-state index contributed by atoms with van der Waals surface area (Å²) in [6.07, 6.45) is -0.360. The summed E-state index contributed by atoms with van der Waals surface area (Å²) in [5.41, 5.74) is 0.999. The van der Waals surface area contributed by atoms with Gasteiger partial charge in [0, 0.05) is 11.1 Å². The van der Waals surface area contributed by atoms with Crippen LogP contribution in [0.25, 0.3) is 0 Å². The molecule has 1 rings (SSSR count). The highest BCUT2D eigenvalue weighted by Gasteiger charge is 2.26. The van der Waals surface area contributed by atoms with E-state index in [-0.39, 0.29) is 12.2 Å². The van der Waals surface area contributed by atoms with E-state index in [1.165, 1.54) is 0 Å². The van der Waals surface area contributed by atoms with Crippen LogP contribution in [-0.2, 0) is 14.4 Å². The first-order chi connectivity index (χ1) is 8.70. The van der Waals surface area contributed by atoms with Gasteiger partial charge in [-0.2, -0.15) is 0 Å². The zero-order valence-electron chi connectivity index (χ0n) is 11.7. The summed E-state index contributed by atoms with van der Waals surface area (Å²) in [5, 5.41) is 2.49. The Morgan fingerprint density at radius 1 is 1.05 bits per heavy atom. The number of anilines is 1. The van der Waals surface area contributed by atoms with Crippen molar-refractivity contribution >= 4 is 23.2 Å². The molecule has 0 aliphatic heterocycles. The summed E-state index contributed by atoms with van der Waals surface area (Å²) in [4.78, 5) is 35.0. The highest BCUT2D eigenvalue weighted by molar-refractivity contribution is 6.43. The van der Waals surface area contributed by atoms with Crippen molar-refractivity contribution in [3.63, 3.8) is 0 Å². The molecule has 0 atom stereocenters. The van der Waals surface area contributed by atoms with Crippen LogP contribution in [0.2, 0.25) is 0 Å². The van der Waals surface area contributed by atoms with Gasteiger partial charge in [-0.05, 0) is 19.1 Å². The van der Waals surface area contributed by atoms with Crippen LogP contribution in [0.15, 0.2) is 24.3 Å². The van der Waals surface area contributed by atoms with Crippen molar-refractivity contribution in [2.24, 2.45) is 5.41 Å². The van der Waals surface area contributed by atoms with Gasteiger partial charge in [0.25, 0.3) is 5.91 Å². The lowest BCUT2D eigenvalue weighted by Crippen LogP contribution is -2.29. The maximum absolute atomic E-state index is 11.7. The molecule has 0 aliphatic carbocycles. The first kappa shape index (κ1) is 15.1. The molecule has 19 heavy (non-hydrogen) atoms. The van der Waals surface area contributed by atoms with Crippen LogP contribution >= 0.6 is 0 Å². The second-order valence-corrected chi connectivity index (χ2v) is 5.59. The van der Waals surface area contributed by atoms with Crippen LogP contribution < -0.4 is 5.32 Å². The summed E-state index contributed by atoms with van der Waals surface area (Å²) in [6.45, 7) is 7.10. The summed E-state index contributed by atoms with van der Waals surface area (Å²) in [5.74, 6) is -1.70. The van der Waals surface area contributed by atoms with Gasteiger partial charge in [0.15, 0.2) is 0 Å². The second kappa shape index (κ2) is 5.78. The number of amides is 1. The quantitative estimate of drug-likeness (QED) is 0.669. The maximum atomic E-state index is 11.7. The Morgan fingerprint density at radius 2 is 1.58 bits per heavy atom. The zero-order chi connectivity index (χ0) is 14.6. The highest BCUT2D eigenvalue weighted by Crippen LogP contribution is 2.17. The van der Waals surface area contributed by atoms with Gasteiger partial charge in [-0.3, -0.25) is 14.4 Å². The van der Waals surface area contributed by atoms with Crippen LogP contribution in [0.5, 0.6) is 0 Å². The largest absolute Gasteiger partial charge is 0.319 e. The third-order valence-electron chi connectivity index (χ3n) is 2.72. The van der Waals surface area contributed by atoms with E-state index in [9.17, 15) is 14.4 Å². The van der Waals surface area contributed by atoms with Crippen LogP contribution in [0, 0.1) is 12.3 Å². The summed E-state index contributed by atoms with van der Waals surface area (Å²) in [6, 6.07) is 7.10. The Hall–Kier alpha value is -1.97. The van der Waals surface area contributed by atoms with Gasteiger partial charge < -0.3 is 5.32 Å². The number of carbonyl (C=O) groups is 3. The SMILES string of the molecule is Cc1ccc(NC(=O)C(=O)CC(=O)C(C)(C)C)cc1. The summed E-state index contributed by atoms with van der Waals surface area (Å²) >= 11 is 0. The molecule has 0 unspecified atom stereocenters. The van der Waals surface area contributed by atoms with Crippen LogP contribution in [0.4, 0.5) is 5.69 Å². The number of hydrogen-bond acceptors (Lipinski definition) is 3. The molecule has 1 N–H and O–H groups in total. The van der Waals surface area contributed by atoms with Crippen molar-refractivity contribution in [3.05, 3.63) is 29.8 Å². The fourth-order valence-electron chi connectivity index (χ4n) is 1.33. The van der Waals surface area contributed by atoms with E-state index in [1.807, 2.05) is 19.1 Å². The standard InChI is InChI=1S/C15H19NO3/c1-10-5-7-11(8-6-10)16-14(19)12(17)9-13(18)15(2,3)4/h5-8H,9H2,1-4H3,(H,16,19). The lowest BCUT2D eigenvalue weighted by Gasteiger charge is -2.15. The molecule has 0 aromatic heterocycles. The topological polar surface area (TPSA) is 63.2 Å². The average Bonchev–Trinajstić information content (AvgIpc) is 2.30. The van der Waals surface area contributed by atoms with Gasteiger partial charge in [-0.15, -0.1) is 0 Å². The smallest absolute Gasteiger partial charge is 0.292 e. The molecule has 0 heterocycles. The predicted molar refractivity (Wildman–Crippen MR) is 73.9 cm³/mol. The van der Waals surface area contributed by atoms with Crippen molar-refractivity contribution in [1.29, 1.82) is 0 Å². The second-order valence-electron chi connectivity index (χ2n) is 5.59. The molecule has 102 valence electrons. The van der Waals surface area contributed by atoms with Crippen LogP contribution in [-0.4, -0.2) is 17.5 Å². The van der Waals surface area contributed by atoms with Crippen molar-refractivity contribution in [2.75, 3.05) is 5.32 Å². The molecule has 4 nitrogen and oxygen atoms in total. The van der Waals surface area contributed by atoms with E-state index in [1.54, 1.807) is 32.9 Å². The number of ketones is 2. The molecule has 0 saturated carbocycles. The van der Waals surface area contributed by atoms with Crippen molar-refractivity contribution in [1.82, 2.24) is 0 Å². The Morgan fingerprint density at radius 3 is 2.05 bits per heavy atom. The minimum Gasteiger partial charge on any atom is -0.319 e. The molecule has 0 aliphatic rings. The van der Waals surface area contributed by atoms with E-state index in [0.29, 0.717) is 5.69 Å². The van der Waals surface area contributed by atoms with Crippen LogP contribution in [0.3, 0.4) is 0 Å².